The molecule has 0 aliphatic carbocycles. The molecule has 27 heavy (non-hydrogen) atoms. The molecular weight excluding hydrogens is 584 g/mol. The summed E-state index contributed by atoms with van der Waals surface area (Å²) < 4.78 is 15.7. The molecule has 0 aliphatic heterocycles. The SMILES string of the molecule is COc1ccc(/C=C/c2sc3ccccc3[n+]2CCCCI)cc1OC.[I-]. The van der Waals surface area contributed by atoms with Crippen LogP contribution in [0.5, 0.6) is 11.5 Å². The summed E-state index contributed by atoms with van der Waals surface area (Å²) in [5, 5.41) is 1.27. The first-order chi connectivity index (χ1) is 12.8. The summed E-state index contributed by atoms with van der Waals surface area (Å²) in [6.45, 7) is 1.05. The van der Waals surface area contributed by atoms with E-state index in [1.807, 2.05) is 29.5 Å². The number of hydrogen-bond acceptors (Lipinski definition) is 3. The Morgan fingerprint density at radius 1 is 1.00 bits per heavy atom. The molecule has 0 spiro atoms. The molecular formula is C21H23I2NO2S. The zero-order valence-electron chi connectivity index (χ0n) is 15.5. The predicted molar refractivity (Wildman–Crippen MR) is 119 cm³/mol. The van der Waals surface area contributed by atoms with Gasteiger partial charge < -0.3 is 33.5 Å². The molecule has 0 amide bonds. The van der Waals surface area contributed by atoms with Gasteiger partial charge in [-0.05, 0) is 40.7 Å². The van der Waals surface area contributed by atoms with Crippen LogP contribution in [-0.4, -0.2) is 18.6 Å². The number of benzene rings is 2. The zero-order chi connectivity index (χ0) is 18.4. The van der Waals surface area contributed by atoms with E-state index in [-0.39, 0.29) is 24.0 Å². The van der Waals surface area contributed by atoms with Gasteiger partial charge in [-0.3, -0.25) is 0 Å². The van der Waals surface area contributed by atoms with E-state index in [1.54, 1.807) is 14.2 Å². The molecule has 6 heteroatoms. The first kappa shape index (κ1) is 22.4. The normalized spacial score (nSPS) is 10.9. The van der Waals surface area contributed by atoms with Crippen LogP contribution in [0.15, 0.2) is 42.5 Å². The van der Waals surface area contributed by atoms with Crippen LogP contribution in [0.3, 0.4) is 0 Å². The highest BCUT2D eigenvalue weighted by Gasteiger charge is 2.17. The van der Waals surface area contributed by atoms with Crippen molar-refractivity contribution in [3.8, 4) is 11.5 Å². The lowest BCUT2D eigenvalue weighted by atomic mass is 10.2. The number of halogens is 2. The number of thiazole rings is 1. The fourth-order valence-corrected chi connectivity index (χ4v) is 4.53. The van der Waals surface area contributed by atoms with Crippen LogP contribution in [0.1, 0.15) is 23.4 Å². The van der Waals surface area contributed by atoms with Crippen molar-refractivity contribution < 1.29 is 38.0 Å². The number of fused-ring (bicyclic) bond motifs is 1. The average molecular weight is 607 g/mol. The van der Waals surface area contributed by atoms with E-state index in [9.17, 15) is 0 Å². The smallest absolute Gasteiger partial charge is 0.262 e. The Morgan fingerprint density at radius 3 is 2.52 bits per heavy atom. The summed E-state index contributed by atoms with van der Waals surface area (Å²) >= 11 is 4.29. The molecule has 0 unspecified atom stereocenters. The highest BCUT2D eigenvalue weighted by Crippen LogP contribution is 2.29. The molecule has 0 saturated heterocycles. The topological polar surface area (TPSA) is 22.3 Å². The Bertz CT molecular complexity index is 908. The van der Waals surface area contributed by atoms with E-state index in [0.29, 0.717) is 0 Å². The van der Waals surface area contributed by atoms with Crippen molar-refractivity contribution in [3.63, 3.8) is 0 Å². The summed E-state index contributed by atoms with van der Waals surface area (Å²) in [5.41, 5.74) is 2.41. The van der Waals surface area contributed by atoms with Gasteiger partial charge in [0.2, 0.25) is 5.52 Å². The van der Waals surface area contributed by atoms with Crippen molar-refractivity contribution in [2.45, 2.75) is 19.4 Å². The molecule has 0 N–H and O–H groups in total. The second-order valence-electron chi connectivity index (χ2n) is 5.90. The minimum Gasteiger partial charge on any atom is -1.00 e. The Hall–Kier alpha value is -0.870. The van der Waals surface area contributed by atoms with Crippen molar-refractivity contribution in [1.29, 1.82) is 0 Å². The Labute approximate surface area is 195 Å². The van der Waals surface area contributed by atoms with Gasteiger partial charge >= 0.3 is 0 Å². The predicted octanol–water partition coefficient (Wildman–Crippen LogP) is 2.60. The number of methoxy groups -OCH3 is 2. The lowest BCUT2D eigenvalue weighted by Crippen LogP contribution is -3.00. The lowest BCUT2D eigenvalue weighted by molar-refractivity contribution is -0.669. The second kappa shape index (κ2) is 11.2. The summed E-state index contributed by atoms with van der Waals surface area (Å²) in [4.78, 5) is 0. The molecule has 3 rings (SSSR count). The Kier molecular flexibility index (Phi) is 9.31. The number of aromatic nitrogens is 1. The van der Waals surface area contributed by atoms with Gasteiger partial charge in [0.05, 0.1) is 14.2 Å². The summed E-state index contributed by atoms with van der Waals surface area (Å²) in [6, 6.07) is 14.6. The van der Waals surface area contributed by atoms with Crippen LogP contribution >= 0.6 is 33.9 Å². The van der Waals surface area contributed by atoms with Crippen LogP contribution in [0.2, 0.25) is 0 Å². The van der Waals surface area contributed by atoms with Crippen molar-refractivity contribution in [3.05, 3.63) is 53.0 Å². The molecule has 1 aromatic heterocycles. The van der Waals surface area contributed by atoms with Gasteiger partial charge in [-0.1, -0.05) is 52.1 Å². The van der Waals surface area contributed by atoms with E-state index in [1.165, 1.54) is 32.5 Å². The Balaban J connectivity index is 0.00000261. The quantitative estimate of drug-likeness (QED) is 0.170. The highest BCUT2D eigenvalue weighted by atomic mass is 127. The minimum absolute atomic E-state index is 0. The minimum atomic E-state index is 0. The zero-order valence-corrected chi connectivity index (χ0v) is 20.6. The van der Waals surface area contributed by atoms with E-state index in [2.05, 4.69) is 63.6 Å². The number of rotatable bonds is 8. The van der Waals surface area contributed by atoms with Gasteiger partial charge in [0.1, 0.15) is 4.70 Å². The molecule has 3 aromatic rings. The first-order valence-electron chi connectivity index (χ1n) is 8.64. The highest BCUT2D eigenvalue weighted by molar-refractivity contribution is 14.1. The molecule has 3 nitrogen and oxygen atoms in total. The third-order valence-electron chi connectivity index (χ3n) is 4.23. The second-order valence-corrected chi connectivity index (χ2v) is 8.04. The summed E-state index contributed by atoms with van der Waals surface area (Å²) in [7, 11) is 3.32. The van der Waals surface area contributed by atoms with Gasteiger partial charge in [-0.25, -0.2) is 0 Å². The summed E-state index contributed by atoms with van der Waals surface area (Å²) in [6.07, 6.45) is 6.79. The lowest BCUT2D eigenvalue weighted by Gasteiger charge is -2.07. The summed E-state index contributed by atoms with van der Waals surface area (Å²) in [5.74, 6) is 1.50. The van der Waals surface area contributed by atoms with Gasteiger partial charge in [-0.2, -0.15) is 4.57 Å². The fourth-order valence-electron chi connectivity index (χ4n) is 2.90. The van der Waals surface area contributed by atoms with Crippen LogP contribution in [-0.2, 0) is 6.54 Å². The number of unbranched alkanes of at least 4 members (excludes halogenated alkanes) is 1. The molecule has 0 bridgehead atoms. The third-order valence-corrected chi connectivity index (χ3v) is 6.12. The van der Waals surface area contributed by atoms with Crippen molar-refractivity contribution in [1.82, 2.24) is 0 Å². The first-order valence-corrected chi connectivity index (χ1v) is 11.0. The fraction of sp³-hybridized carbons (Fsp3) is 0.286. The average Bonchev–Trinajstić information content (AvgIpc) is 3.04. The standard InChI is InChI=1S/C21H23INO2S.HI/c1-24-18-11-9-16(15-19(18)25-2)10-12-21-23(14-6-5-13-22)17-7-3-4-8-20(17)26-21;/h3-4,7-12,15H,5-6,13-14H2,1-2H3;1H/q+1;/p-1/b12-10+;. The number of aryl methyl sites for hydroxylation is 1. The molecule has 0 aliphatic rings. The maximum absolute atomic E-state index is 5.40. The molecule has 0 atom stereocenters. The number of para-hydroxylation sites is 1. The number of nitrogens with zero attached hydrogens (tertiary/aromatic N) is 1. The van der Waals surface area contributed by atoms with Gasteiger partial charge in [0.15, 0.2) is 18.0 Å². The van der Waals surface area contributed by atoms with Crippen LogP contribution in [0, 0.1) is 0 Å². The van der Waals surface area contributed by atoms with Gasteiger partial charge in [0.25, 0.3) is 5.01 Å². The molecule has 0 fully saturated rings. The largest absolute Gasteiger partial charge is 1.00 e. The number of alkyl halides is 1. The number of ether oxygens (including phenoxy) is 2. The van der Waals surface area contributed by atoms with E-state index in [0.717, 1.165) is 23.6 Å². The molecule has 0 saturated carbocycles. The molecule has 144 valence electrons. The molecule has 2 aromatic carbocycles. The molecule has 0 radical (unpaired) electrons. The third kappa shape index (κ3) is 5.57. The monoisotopic (exact) mass is 607 g/mol. The maximum atomic E-state index is 5.40. The van der Waals surface area contributed by atoms with E-state index in [4.69, 9.17) is 9.47 Å². The maximum Gasteiger partial charge on any atom is 0.262 e. The van der Waals surface area contributed by atoms with Crippen molar-refractivity contribution >= 4 is 56.3 Å². The molecule has 1 heterocycles. The van der Waals surface area contributed by atoms with Crippen molar-refractivity contribution in [2.75, 3.05) is 18.6 Å². The van der Waals surface area contributed by atoms with Crippen molar-refractivity contribution in [2.24, 2.45) is 0 Å². The van der Waals surface area contributed by atoms with E-state index < -0.39 is 0 Å². The number of hydrogen-bond donors (Lipinski definition) is 0. The van der Waals surface area contributed by atoms with Gasteiger partial charge in [-0.15, -0.1) is 0 Å². The van der Waals surface area contributed by atoms with E-state index >= 15 is 0 Å². The van der Waals surface area contributed by atoms with Crippen LogP contribution in [0.25, 0.3) is 22.4 Å². The van der Waals surface area contributed by atoms with Gasteiger partial charge in [0, 0.05) is 18.6 Å². The van der Waals surface area contributed by atoms with Crippen LogP contribution < -0.4 is 38.0 Å². The Morgan fingerprint density at radius 2 is 1.78 bits per heavy atom. The van der Waals surface area contributed by atoms with Crippen LogP contribution in [0.4, 0.5) is 0 Å².